The van der Waals surface area contributed by atoms with Crippen LogP contribution in [0.4, 0.5) is 0 Å². The Morgan fingerprint density at radius 1 is 1.26 bits per heavy atom. The van der Waals surface area contributed by atoms with Gasteiger partial charge in [0.2, 0.25) is 0 Å². The number of amides is 1. The van der Waals surface area contributed by atoms with Crippen molar-refractivity contribution >= 4 is 46.3 Å². The third-order valence-corrected chi connectivity index (χ3v) is 4.30. The van der Waals surface area contributed by atoms with Crippen molar-refractivity contribution < 1.29 is 18.7 Å². The molecular formula is C16H11NO4S2. The number of hydrogen-bond donors (Lipinski definition) is 1. The Hall–Kier alpha value is -2.38. The van der Waals surface area contributed by atoms with Crippen LogP contribution in [-0.4, -0.2) is 23.3 Å². The first-order valence-electron chi connectivity index (χ1n) is 6.60. The Labute approximate surface area is 141 Å². The molecule has 23 heavy (non-hydrogen) atoms. The lowest BCUT2D eigenvalue weighted by Gasteiger charge is -2.00. The normalized spacial score (nSPS) is 15.8. The summed E-state index contributed by atoms with van der Waals surface area (Å²) in [6.45, 7) is 0. The lowest BCUT2D eigenvalue weighted by atomic mass is 10.1. The van der Waals surface area contributed by atoms with E-state index >= 15 is 0 Å². The van der Waals surface area contributed by atoms with Crippen molar-refractivity contribution in [3.8, 4) is 11.3 Å². The first-order chi connectivity index (χ1) is 11.1. The second kappa shape index (κ2) is 6.39. The number of rotatable bonds is 3. The molecule has 3 rings (SSSR count). The molecule has 1 aliphatic rings. The lowest BCUT2D eigenvalue weighted by molar-refractivity contribution is -0.115. The Bertz CT molecular complexity index is 821. The Kier molecular flexibility index (Phi) is 4.31. The van der Waals surface area contributed by atoms with Crippen molar-refractivity contribution in [1.82, 2.24) is 5.32 Å². The van der Waals surface area contributed by atoms with Gasteiger partial charge >= 0.3 is 5.97 Å². The summed E-state index contributed by atoms with van der Waals surface area (Å²) in [6.07, 6.45) is 1.64. The quantitative estimate of drug-likeness (QED) is 0.523. The largest absolute Gasteiger partial charge is 0.465 e. The summed E-state index contributed by atoms with van der Waals surface area (Å²) in [5.74, 6) is 0.584. The highest BCUT2D eigenvalue weighted by Gasteiger charge is 2.22. The molecule has 0 radical (unpaired) electrons. The van der Waals surface area contributed by atoms with Crippen LogP contribution in [-0.2, 0) is 9.53 Å². The molecule has 2 heterocycles. The molecule has 1 aliphatic heterocycles. The van der Waals surface area contributed by atoms with Crippen LogP contribution < -0.4 is 5.32 Å². The van der Waals surface area contributed by atoms with E-state index < -0.39 is 0 Å². The lowest BCUT2D eigenvalue weighted by Crippen LogP contribution is -2.17. The van der Waals surface area contributed by atoms with Crippen LogP contribution >= 0.6 is 24.0 Å². The number of carbonyl (C=O) groups excluding carboxylic acids is 2. The van der Waals surface area contributed by atoms with Crippen LogP contribution in [0.3, 0.4) is 0 Å². The summed E-state index contributed by atoms with van der Waals surface area (Å²) in [5.41, 5.74) is 1.29. The molecule has 0 atom stereocenters. The molecule has 5 nitrogen and oxygen atoms in total. The number of furan rings is 1. The van der Waals surface area contributed by atoms with Crippen molar-refractivity contribution in [3.63, 3.8) is 0 Å². The fourth-order valence-corrected chi connectivity index (χ4v) is 3.05. The number of esters is 1. The highest BCUT2D eigenvalue weighted by atomic mass is 32.2. The van der Waals surface area contributed by atoms with E-state index in [1.165, 1.54) is 18.9 Å². The van der Waals surface area contributed by atoms with E-state index in [0.717, 1.165) is 5.56 Å². The SMILES string of the molecule is COC(=O)c1ccc(-c2ccc(/C=C3/SC(=S)NC3=O)o2)cc1. The van der Waals surface area contributed by atoms with Gasteiger partial charge in [-0.2, -0.15) is 0 Å². The summed E-state index contributed by atoms with van der Waals surface area (Å²) in [4.78, 5) is 23.5. The molecule has 1 fully saturated rings. The van der Waals surface area contributed by atoms with Crippen molar-refractivity contribution in [2.45, 2.75) is 0 Å². The van der Waals surface area contributed by atoms with E-state index in [-0.39, 0.29) is 11.9 Å². The molecule has 0 bridgehead atoms. The monoisotopic (exact) mass is 345 g/mol. The fraction of sp³-hybridized carbons (Fsp3) is 0.0625. The number of thioether (sulfide) groups is 1. The molecule has 1 aromatic heterocycles. The van der Waals surface area contributed by atoms with E-state index in [1.807, 2.05) is 0 Å². The summed E-state index contributed by atoms with van der Waals surface area (Å²) >= 11 is 6.14. The maximum Gasteiger partial charge on any atom is 0.337 e. The summed E-state index contributed by atoms with van der Waals surface area (Å²) in [5, 5.41) is 2.55. The minimum Gasteiger partial charge on any atom is -0.465 e. The first-order valence-corrected chi connectivity index (χ1v) is 7.83. The summed E-state index contributed by atoms with van der Waals surface area (Å²) in [6, 6.07) is 10.4. The van der Waals surface area contributed by atoms with Gasteiger partial charge in [-0.1, -0.05) is 36.1 Å². The minimum absolute atomic E-state index is 0.222. The molecule has 0 saturated carbocycles. The number of carbonyl (C=O) groups is 2. The van der Waals surface area contributed by atoms with E-state index in [1.54, 1.807) is 42.5 Å². The average Bonchev–Trinajstić information content (AvgIpc) is 3.14. The second-order valence-corrected chi connectivity index (χ2v) is 6.34. The van der Waals surface area contributed by atoms with Gasteiger partial charge in [0.25, 0.3) is 5.91 Å². The maximum absolute atomic E-state index is 11.6. The predicted molar refractivity (Wildman–Crippen MR) is 91.8 cm³/mol. The predicted octanol–water partition coefficient (Wildman–Crippen LogP) is 3.22. The number of methoxy groups -OCH3 is 1. The smallest absolute Gasteiger partial charge is 0.337 e. The van der Waals surface area contributed by atoms with Crippen LogP contribution in [0.25, 0.3) is 17.4 Å². The van der Waals surface area contributed by atoms with Crippen LogP contribution in [0.2, 0.25) is 0 Å². The van der Waals surface area contributed by atoms with Crippen LogP contribution in [0.15, 0.2) is 45.7 Å². The highest BCUT2D eigenvalue weighted by molar-refractivity contribution is 8.26. The van der Waals surface area contributed by atoms with Gasteiger partial charge < -0.3 is 14.5 Å². The van der Waals surface area contributed by atoms with Crippen LogP contribution in [0.5, 0.6) is 0 Å². The van der Waals surface area contributed by atoms with Crippen molar-refractivity contribution in [1.29, 1.82) is 0 Å². The molecule has 1 N–H and O–H groups in total. The topological polar surface area (TPSA) is 68.5 Å². The van der Waals surface area contributed by atoms with E-state index in [4.69, 9.17) is 16.6 Å². The Morgan fingerprint density at radius 3 is 2.61 bits per heavy atom. The molecule has 0 spiro atoms. The van der Waals surface area contributed by atoms with Gasteiger partial charge in [0.1, 0.15) is 15.8 Å². The van der Waals surface area contributed by atoms with Crippen molar-refractivity contribution in [2.24, 2.45) is 0 Å². The van der Waals surface area contributed by atoms with Gasteiger partial charge in [0.15, 0.2) is 0 Å². The zero-order valence-electron chi connectivity index (χ0n) is 12.0. The zero-order chi connectivity index (χ0) is 16.4. The number of thiocarbonyl (C=S) groups is 1. The second-order valence-electron chi connectivity index (χ2n) is 4.62. The fourth-order valence-electron chi connectivity index (χ4n) is 2.02. The average molecular weight is 345 g/mol. The Morgan fingerprint density at radius 2 is 2.00 bits per heavy atom. The van der Waals surface area contributed by atoms with E-state index in [9.17, 15) is 9.59 Å². The van der Waals surface area contributed by atoms with Crippen molar-refractivity contribution in [3.05, 3.63) is 52.6 Å². The zero-order valence-corrected chi connectivity index (χ0v) is 13.6. The molecule has 116 valence electrons. The van der Waals surface area contributed by atoms with Crippen LogP contribution in [0, 0.1) is 0 Å². The molecular weight excluding hydrogens is 334 g/mol. The molecule has 1 aromatic carbocycles. The van der Waals surface area contributed by atoms with Crippen LogP contribution in [0.1, 0.15) is 16.1 Å². The summed E-state index contributed by atoms with van der Waals surface area (Å²) < 4.78 is 10.8. The van der Waals surface area contributed by atoms with Gasteiger partial charge in [0, 0.05) is 11.6 Å². The van der Waals surface area contributed by atoms with E-state index in [0.29, 0.717) is 26.3 Å². The van der Waals surface area contributed by atoms with Gasteiger partial charge in [-0.15, -0.1) is 0 Å². The van der Waals surface area contributed by atoms with Gasteiger partial charge in [0.05, 0.1) is 17.6 Å². The van der Waals surface area contributed by atoms with Gasteiger partial charge in [-0.05, 0) is 24.3 Å². The molecule has 2 aromatic rings. The standard InChI is InChI=1S/C16H11NO4S2/c1-20-15(19)10-4-2-9(3-5-10)12-7-6-11(21-12)8-13-14(18)17-16(22)23-13/h2-8H,1H3,(H,17,18,22)/b13-8+. The molecule has 0 unspecified atom stereocenters. The number of hydrogen-bond acceptors (Lipinski definition) is 6. The maximum atomic E-state index is 11.6. The van der Waals surface area contributed by atoms with Crippen molar-refractivity contribution in [2.75, 3.05) is 7.11 Å². The highest BCUT2D eigenvalue weighted by Crippen LogP contribution is 2.28. The summed E-state index contributed by atoms with van der Waals surface area (Å²) in [7, 11) is 1.34. The molecule has 1 amide bonds. The third-order valence-electron chi connectivity index (χ3n) is 3.13. The molecule has 1 saturated heterocycles. The van der Waals surface area contributed by atoms with E-state index in [2.05, 4.69) is 10.1 Å². The molecule has 0 aliphatic carbocycles. The first kappa shape index (κ1) is 15.5. The number of nitrogens with one attached hydrogen (secondary N) is 1. The van der Waals surface area contributed by atoms with Gasteiger partial charge in [-0.25, -0.2) is 4.79 Å². The Balaban J connectivity index is 1.82. The molecule has 7 heteroatoms. The third kappa shape index (κ3) is 3.35. The minimum atomic E-state index is -0.387. The number of benzene rings is 1. The van der Waals surface area contributed by atoms with Gasteiger partial charge in [-0.3, -0.25) is 4.79 Å². The number of ether oxygens (including phenoxy) is 1.